The van der Waals surface area contributed by atoms with Gasteiger partial charge >= 0.3 is 0 Å². The van der Waals surface area contributed by atoms with Crippen LogP contribution in [0, 0.1) is 0 Å². The highest BCUT2D eigenvalue weighted by atomic mass is 16.3. The summed E-state index contributed by atoms with van der Waals surface area (Å²) in [5.74, 6) is 0. The van der Waals surface area contributed by atoms with Gasteiger partial charge in [-0.3, -0.25) is 0 Å². The van der Waals surface area contributed by atoms with E-state index in [0.29, 0.717) is 0 Å². The average molecular weight is 207 g/mol. The van der Waals surface area contributed by atoms with E-state index in [1.807, 2.05) is 6.92 Å². The second-order valence-electron chi connectivity index (χ2n) is 4.08. The predicted octanol–water partition coefficient (Wildman–Crippen LogP) is 2.11. The number of nitrogens with one attached hydrogen (secondary N) is 1. The van der Waals surface area contributed by atoms with Gasteiger partial charge in [0.05, 0.1) is 6.10 Å². The second kappa shape index (κ2) is 5.89. The molecule has 0 heterocycles. The summed E-state index contributed by atoms with van der Waals surface area (Å²) in [5.41, 5.74) is 2.63. The molecule has 2 N–H and O–H groups in total. The summed E-state index contributed by atoms with van der Waals surface area (Å²) in [7, 11) is 0. The van der Waals surface area contributed by atoms with Crippen LogP contribution in [-0.4, -0.2) is 17.3 Å². The fourth-order valence-corrected chi connectivity index (χ4v) is 1.34. The maximum absolute atomic E-state index is 9.32. The Kier molecular flexibility index (Phi) is 4.79. The minimum absolute atomic E-state index is 0.135. The molecule has 0 aromatic heterocycles. The SMILES string of the molecule is CCc1ccc(CNC(C)C(C)O)cc1. The van der Waals surface area contributed by atoms with E-state index in [-0.39, 0.29) is 12.1 Å². The number of aliphatic hydroxyl groups excluding tert-OH is 1. The van der Waals surface area contributed by atoms with Gasteiger partial charge in [0.1, 0.15) is 0 Å². The molecule has 0 saturated heterocycles. The Morgan fingerprint density at radius 1 is 1.13 bits per heavy atom. The molecule has 2 unspecified atom stereocenters. The molecule has 0 aliphatic rings. The van der Waals surface area contributed by atoms with E-state index < -0.39 is 0 Å². The molecular weight excluding hydrogens is 186 g/mol. The first-order chi connectivity index (χ1) is 7.13. The smallest absolute Gasteiger partial charge is 0.0662 e. The van der Waals surface area contributed by atoms with Gasteiger partial charge < -0.3 is 10.4 Å². The highest BCUT2D eigenvalue weighted by Crippen LogP contribution is 2.05. The summed E-state index contributed by atoms with van der Waals surface area (Å²) in [6, 6.07) is 8.73. The number of hydrogen-bond acceptors (Lipinski definition) is 2. The van der Waals surface area contributed by atoms with Crippen molar-refractivity contribution in [1.29, 1.82) is 0 Å². The lowest BCUT2D eigenvalue weighted by Gasteiger charge is -2.16. The normalized spacial score (nSPS) is 14.9. The third-order valence-electron chi connectivity index (χ3n) is 2.78. The van der Waals surface area contributed by atoms with Gasteiger partial charge in [0.15, 0.2) is 0 Å². The van der Waals surface area contributed by atoms with Gasteiger partial charge in [-0.1, -0.05) is 31.2 Å². The standard InChI is InChI=1S/C13H21NO/c1-4-12-5-7-13(8-6-12)9-14-10(2)11(3)15/h5-8,10-11,14-15H,4,9H2,1-3H3. The molecule has 2 nitrogen and oxygen atoms in total. The van der Waals surface area contributed by atoms with Crippen LogP contribution in [0.5, 0.6) is 0 Å². The summed E-state index contributed by atoms with van der Waals surface area (Å²) in [6.07, 6.45) is 0.776. The van der Waals surface area contributed by atoms with Crippen LogP contribution in [0.3, 0.4) is 0 Å². The second-order valence-corrected chi connectivity index (χ2v) is 4.08. The fourth-order valence-electron chi connectivity index (χ4n) is 1.34. The van der Waals surface area contributed by atoms with E-state index in [1.165, 1.54) is 11.1 Å². The lowest BCUT2D eigenvalue weighted by atomic mass is 10.1. The fraction of sp³-hybridized carbons (Fsp3) is 0.538. The molecule has 84 valence electrons. The molecule has 2 heteroatoms. The van der Waals surface area contributed by atoms with Crippen molar-refractivity contribution in [3.8, 4) is 0 Å². The first-order valence-electron chi connectivity index (χ1n) is 5.62. The highest BCUT2D eigenvalue weighted by Gasteiger charge is 2.06. The molecule has 2 atom stereocenters. The van der Waals surface area contributed by atoms with E-state index >= 15 is 0 Å². The molecule has 0 bridgehead atoms. The van der Waals surface area contributed by atoms with Crippen molar-refractivity contribution in [1.82, 2.24) is 5.32 Å². The quantitative estimate of drug-likeness (QED) is 0.775. The van der Waals surface area contributed by atoms with Gasteiger partial charge in [-0.2, -0.15) is 0 Å². The minimum Gasteiger partial charge on any atom is -0.392 e. The van der Waals surface area contributed by atoms with Gasteiger partial charge in [-0.25, -0.2) is 0 Å². The summed E-state index contributed by atoms with van der Waals surface area (Å²) in [4.78, 5) is 0. The predicted molar refractivity (Wildman–Crippen MR) is 63.8 cm³/mol. The zero-order valence-electron chi connectivity index (χ0n) is 9.83. The van der Waals surface area contributed by atoms with Crippen molar-refractivity contribution in [2.24, 2.45) is 0 Å². The Labute approximate surface area is 92.3 Å². The van der Waals surface area contributed by atoms with Crippen molar-refractivity contribution >= 4 is 0 Å². The molecule has 0 spiro atoms. The number of benzene rings is 1. The van der Waals surface area contributed by atoms with Crippen LogP contribution in [0.2, 0.25) is 0 Å². The van der Waals surface area contributed by atoms with Crippen LogP contribution in [0.1, 0.15) is 31.9 Å². The van der Waals surface area contributed by atoms with Gasteiger partial charge in [-0.05, 0) is 31.4 Å². The zero-order valence-corrected chi connectivity index (χ0v) is 9.83. The summed E-state index contributed by atoms with van der Waals surface area (Å²) in [5, 5.41) is 12.6. The molecule has 15 heavy (non-hydrogen) atoms. The van der Waals surface area contributed by atoms with Crippen molar-refractivity contribution in [3.63, 3.8) is 0 Å². The maximum Gasteiger partial charge on any atom is 0.0662 e. The van der Waals surface area contributed by atoms with Gasteiger partial charge in [0, 0.05) is 12.6 Å². The monoisotopic (exact) mass is 207 g/mol. The number of aliphatic hydroxyl groups is 1. The zero-order chi connectivity index (χ0) is 11.3. The van der Waals surface area contributed by atoms with Gasteiger partial charge in [0.25, 0.3) is 0 Å². The molecule has 0 radical (unpaired) electrons. The molecule has 1 aromatic rings. The maximum atomic E-state index is 9.32. The number of hydrogen-bond donors (Lipinski definition) is 2. The molecule has 0 fully saturated rings. The van der Waals surface area contributed by atoms with Crippen molar-refractivity contribution in [2.45, 2.75) is 45.9 Å². The van der Waals surface area contributed by atoms with Crippen molar-refractivity contribution in [2.75, 3.05) is 0 Å². The molecule has 0 aliphatic carbocycles. The lowest BCUT2D eigenvalue weighted by Crippen LogP contribution is -2.34. The van der Waals surface area contributed by atoms with Crippen LogP contribution in [-0.2, 0) is 13.0 Å². The first-order valence-corrected chi connectivity index (χ1v) is 5.62. The minimum atomic E-state index is -0.306. The molecule has 0 amide bonds. The molecule has 0 aliphatic heterocycles. The average Bonchev–Trinajstić information content (AvgIpc) is 2.26. The topological polar surface area (TPSA) is 32.3 Å². The van der Waals surface area contributed by atoms with Gasteiger partial charge in [-0.15, -0.1) is 0 Å². The van der Waals surface area contributed by atoms with Crippen LogP contribution < -0.4 is 5.32 Å². The van der Waals surface area contributed by atoms with Crippen LogP contribution >= 0.6 is 0 Å². The Bertz CT molecular complexity index is 279. The first kappa shape index (κ1) is 12.2. The summed E-state index contributed by atoms with van der Waals surface area (Å²) in [6.45, 7) is 6.77. The van der Waals surface area contributed by atoms with E-state index in [9.17, 15) is 5.11 Å². The van der Waals surface area contributed by atoms with Crippen LogP contribution in [0.25, 0.3) is 0 Å². The van der Waals surface area contributed by atoms with E-state index in [0.717, 1.165) is 13.0 Å². The molecule has 1 aromatic carbocycles. The van der Waals surface area contributed by atoms with Crippen molar-refractivity contribution < 1.29 is 5.11 Å². The number of rotatable bonds is 5. The van der Waals surface area contributed by atoms with Crippen molar-refractivity contribution in [3.05, 3.63) is 35.4 Å². The molecule has 0 saturated carbocycles. The summed E-state index contributed by atoms with van der Waals surface area (Å²) < 4.78 is 0. The molecule has 1 rings (SSSR count). The Balaban J connectivity index is 2.44. The third-order valence-corrected chi connectivity index (χ3v) is 2.78. The molecular formula is C13H21NO. The Hall–Kier alpha value is -0.860. The van der Waals surface area contributed by atoms with E-state index in [1.54, 1.807) is 6.92 Å². The lowest BCUT2D eigenvalue weighted by molar-refractivity contribution is 0.152. The van der Waals surface area contributed by atoms with Gasteiger partial charge in [0.2, 0.25) is 0 Å². The third kappa shape index (κ3) is 4.02. The van der Waals surface area contributed by atoms with Crippen LogP contribution in [0.4, 0.5) is 0 Å². The van der Waals surface area contributed by atoms with E-state index in [4.69, 9.17) is 0 Å². The Morgan fingerprint density at radius 3 is 2.13 bits per heavy atom. The summed E-state index contributed by atoms with van der Waals surface area (Å²) >= 11 is 0. The van der Waals surface area contributed by atoms with E-state index in [2.05, 4.69) is 36.5 Å². The largest absolute Gasteiger partial charge is 0.392 e. The Morgan fingerprint density at radius 2 is 1.67 bits per heavy atom. The van der Waals surface area contributed by atoms with Crippen LogP contribution in [0.15, 0.2) is 24.3 Å². The highest BCUT2D eigenvalue weighted by molar-refractivity contribution is 5.22. The number of aryl methyl sites for hydroxylation is 1.